The van der Waals surface area contributed by atoms with Gasteiger partial charge in [0.05, 0.1) is 11.5 Å². The number of benzene rings is 2. The van der Waals surface area contributed by atoms with Crippen molar-refractivity contribution < 1.29 is 14.4 Å². The Balaban J connectivity index is 1.34. The van der Waals surface area contributed by atoms with Crippen molar-refractivity contribution in [3.8, 4) is 0 Å². The van der Waals surface area contributed by atoms with Crippen LogP contribution < -0.4 is 10.2 Å². The minimum absolute atomic E-state index is 0.0387. The molecule has 7 nitrogen and oxygen atoms in total. The minimum Gasteiger partial charge on any atom is -0.369 e. The summed E-state index contributed by atoms with van der Waals surface area (Å²) < 4.78 is 0. The summed E-state index contributed by atoms with van der Waals surface area (Å²) in [4.78, 5) is 46.2. The average molecular weight is 531 g/mol. The molecule has 1 atom stereocenters. The molecule has 1 aliphatic carbocycles. The third kappa shape index (κ3) is 6.29. The maximum Gasteiger partial charge on any atom is 0.256 e. The third-order valence-corrected chi connectivity index (χ3v) is 8.67. The Bertz CT molecular complexity index is 1160. The van der Waals surface area contributed by atoms with Gasteiger partial charge >= 0.3 is 0 Å². The van der Waals surface area contributed by atoms with Gasteiger partial charge in [-0.2, -0.15) is 0 Å². The highest BCUT2D eigenvalue weighted by molar-refractivity contribution is 6.02. The predicted octanol–water partition coefficient (Wildman–Crippen LogP) is 5.28. The van der Waals surface area contributed by atoms with Crippen molar-refractivity contribution in [3.05, 3.63) is 59.7 Å². The summed E-state index contributed by atoms with van der Waals surface area (Å²) in [7, 11) is 0. The van der Waals surface area contributed by atoms with E-state index in [4.69, 9.17) is 0 Å². The molecule has 3 fully saturated rings. The molecule has 7 heteroatoms. The summed E-state index contributed by atoms with van der Waals surface area (Å²) in [6.45, 7) is 6.41. The number of piperidine rings is 1. The molecule has 2 aromatic rings. The lowest BCUT2D eigenvalue weighted by Crippen LogP contribution is -2.39. The molecule has 2 aromatic carbocycles. The maximum atomic E-state index is 13.8. The Kier molecular flexibility index (Phi) is 8.84. The van der Waals surface area contributed by atoms with Crippen molar-refractivity contribution in [1.82, 2.24) is 9.80 Å². The van der Waals surface area contributed by atoms with Gasteiger partial charge in [-0.25, -0.2) is 0 Å². The average Bonchev–Trinajstić information content (AvgIpc) is 3.19. The molecule has 208 valence electrons. The summed E-state index contributed by atoms with van der Waals surface area (Å²) in [5.41, 5.74) is 3.31. The molecule has 1 N–H and O–H groups in total. The molecule has 1 unspecified atom stereocenters. The van der Waals surface area contributed by atoms with E-state index in [0.717, 1.165) is 82.3 Å². The van der Waals surface area contributed by atoms with Crippen LogP contribution in [0.5, 0.6) is 0 Å². The first-order chi connectivity index (χ1) is 19.0. The fraction of sp³-hybridized carbons (Fsp3) is 0.531. The second-order valence-electron chi connectivity index (χ2n) is 11.2. The van der Waals surface area contributed by atoms with Gasteiger partial charge in [-0.15, -0.1) is 0 Å². The van der Waals surface area contributed by atoms with E-state index >= 15 is 0 Å². The van der Waals surface area contributed by atoms with Gasteiger partial charge in [0.2, 0.25) is 11.8 Å². The van der Waals surface area contributed by atoms with E-state index in [2.05, 4.69) is 17.1 Å². The van der Waals surface area contributed by atoms with Gasteiger partial charge in [-0.3, -0.25) is 14.4 Å². The van der Waals surface area contributed by atoms with Crippen LogP contribution in [-0.2, 0) is 9.59 Å². The zero-order valence-electron chi connectivity index (χ0n) is 23.2. The van der Waals surface area contributed by atoms with Crippen LogP contribution >= 0.6 is 0 Å². The van der Waals surface area contributed by atoms with Crippen LogP contribution in [-0.4, -0.2) is 66.8 Å². The van der Waals surface area contributed by atoms with Gasteiger partial charge in [-0.05, 0) is 68.7 Å². The highest BCUT2D eigenvalue weighted by Crippen LogP contribution is 2.31. The molecule has 3 amide bonds. The van der Waals surface area contributed by atoms with Crippen LogP contribution in [0.4, 0.5) is 11.4 Å². The van der Waals surface area contributed by atoms with Crippen LogP contribution in [0.25, 0.3) is 0 Å². The number of hydrogen-bond donors (Lipinski definition) is 1. The fourth-order valence-electron chi connectivity index (χ4n) is 6.08. The lowest BCUT2D eigenvalue weighted by Gasteiger charge is -2.31. The zero-order chi connectivity index (χ0) is 27.2. The number of nitrogens with one attached hydrogen (secondary N) is 1. The van der Waals surface area contributed by atoms with Crippen molar-refractivity contribution in [2.45, 2.75) is 64.2 Å². The summed E-state index contributed by atoms with van der Waals surface area (Å²) >= 11 is 0. The first kappa shape index (κ1) is 27.2. The number of anilines is 2. The number of likely N-dealkylation sites (tertiary alicyclic amines) is 1. The van der Waals surface area contributed by atoms with Crippen molar-refractivity contribution in [2.24, 2.45) is 5.92 Å². The van der Waals surface area contributed by atoms with Gasteiger partial charge in [0.1, 0.15) is 0 Å². The quantitative estimate of drug-likeness (QED) is 0.528. The first-order valence-corrected chi connectivity index (χ1v) is 14.9. The fourth-order valence-corrected chi connectivity index (χ4v) is 6.08. The molecule has 0 spiro atoms. The van der Waals surface area contributed by atoms with Gasteiger partial charge in [0, 0.05) is 56.6 Å². The second-order valence-corrected chi connectivity index (χ2v) is 11.2. The summed E-state index contributed by atoms with van der Waals surface area (Å²) in [6.07, 6.45) is 7.81. The molecule has 2 aliphatic heterocycles. The van der Waals surface area contributed by atoms with Gasteiger partial charge in [-0.1, -0.05) is 43.7 Å². The van der Waals surface area contributed by atoms with Crippen LogP contribution in [0.3, 0.4) is 0 Å². The largest absolute Gasteiger partial charge is 0.369 e. The monoisotopic (exact) mass is 530 g/mol. The molecule has 0 aromatic heterocycles. The Morgan fingerprint density at radius 2 is 1.56 bits per heavy atom. The molecular formula is C32H42N4O3. The Morgan fingerprint density at radius 1 is 0.821 bits per heavy atom. The van der Waals surface area contributed by atoms with Crippen LogP contribution in [0, 0.1) is 5.92 Å². The lowest BCUT2D eigenvalue weighted by molar-refractivity contribution is -0.132. The molecule has 0 radical (unpaired) electrons. The van der Waals surface area contributed by atoms with Gasteiger partial charge in [0.25, 0.3) is 5.91 Å². The number of carbonyl (C=O) groups excluding carboxylic acids is 3. The lowest BCUT2D eigenvalue weighted by atomic mass is 9.85. The molecule has 0 bridgehead atoms. The second kappa shape index (κ2) is 12.7. The number of rotatable bonds is 7. The highest BCUT2D eigenvalue weighted by atomic mass is 16.2. The first-order valence-electron chi connectivity index (χ1n) is 14.9. The van der Waals surface area contributed by atoms with Gasteiger partial charge < -0.3 is 20.0 Å². The van der Waals surface area contributed by atoms with Crippen molar-refractivity contribution in [1.29, 1.82) is 0 Å². The molecular weight excluding hydrogens is 488 g/mol. The summed E-state index contributed by atoms with van der Waals surface area (Å²) in [5.74, 6) is 0.231. The molecule has 5 rings (SSSR count). The van der Waals surface area contributed by atoms with Crippen molar-refractivity contribution >= 4 is 29.1 Å². The van der Waals surface area contributed by atoms with Gasteiger partial charge in [0.15, 0.2) is 0 Å². The van der Waals surface area contributed by atoms with Crippen LogP contribution in [0.2, 0.25) is 0 Å². The van der Waals surface area contributed by atoms with E-state index in [-0.39, 0.29) is 29.6 Å². The van der Waals surface area contributed by atoms with E-state index in [0.29, 0.717) is 30.9 Å². The normalized spacial score (nSPS) is 19.2. The van der Waals surface area contributed by atoms with Crippen molar-refractivity contribution in [2.75, 3.05) is 49.5 Å². The number of amides is 3. The van der Waals surface area contributed by atoms with E-state index in [1.54, 1.807) is 0 Å². The Labute approximate surface area is 232 Å². The molecule has 39 heavy (non-hydrogen) atoms. The molecule has 1 saturated carbocycles. The van der Waals surface area contributed by atoms with Crippen LogP contribution in [0.1, 0.15) is 80.1 Å². The topological polar surface area (TPSA) is 73.0 Å². The third-order valence-electron chi connectivity index (χ3n) is 8.67. The Hall–Kier alpha value is -3.35. The summed E-state index contributed by atoms with van der Waals surface area (Å²) in [5, 5.41) is 3.06. The predicted molar refractivity (Wildman–Crippen MR) is 155 cm³/mol. The SMILES string of the molecule is CCC(C(=O)N1CCCN(c2ccc(NC(=O)C3CCC3)cc2C(=O)N2CCCCC2)CC1)c1ccccc1. The summed E-state index contributed by atoms with van der Waals surface area (Å²) in [6, 6.07) is 15.8. The van der Waals surface area contributed by atoms with Crippen molar-refractivity contribution in [3.63, 3.8) is 0 Å². The van der Waals surface area contributed by atoms with Crippen LogP contribution in [0.15, 0.2) is 48.5 Å². The van der Waals surface area contributed by atoms with E-state index in [9.17, 15) is 14.4 Å². The van der Waals surface area contributed by atoms with E-state index in [1.165, 1.54) is 0 Å². The smallest absolute Gasteiger partial charge is 0.256 e. The van der Waals surface area contributed by atoms with E-state index in [1.807, 2.05) is 58.3 Å². The minimum atomic E-state index is -0.132. The number of carbonyl (C=O) groups is 3. The van der Waals surface area contributed by atoms with E-state index < -0.39 is 0 Å². The highest BCUT2D eigenvalue weighted by Gasteiger charge is 2.30. The number of hydrogen-bond acceptors (Lipinski definition) is 4. The molecule has 3 aliphatic rings. The zero-order valence-corrected chi connectivity index (χ0v) is 23.2. The Morgan fingerprint density at radius 3 is 2.26 bits per heavy atom. The maximum absolute atomic E-state index is 13.8. The molecule has 2 heterocycles. The standard InChI is InChI=1S/C32H42N4O3/c1-2-27(24-11-5-3-6-12-24)31(38)36-20-10-19-34(21-22-36)29-16-15-26(33-30(37)25-13-9-14-25)23-28(29)32(39)35-17-7-4-8-18-35/h3,5-6,11-12,15-16,23,25,27H,2,4,7-10,13-14,17-22H2,1H3,(H,33,37). The number of nitrogens with zero attached hydrogens (tertiary/aromatic N) is 3. The molecule has 2 saturated heterocycles.